The van der Waals surface area contributed by atoms with Crippen molar-refractivity contribution in [1.82, 2.24) is 5.32 Å². The maximum absolute atomic E-state index is 11.7. The zero-order valence-corrected chi connectivity index (χ0v) is 13.0. The van der Waals surface area contributed by atoms with Crippen LogP contribution in [0.2, 0.25) is 0 Å². The van der Waals surface area contributed by atoms with Gasteiger partial charge in [-0.1, -0.05) is 15.9 Å². The first-order valence-corrected chi connectivity index (χ1v) is 7.61. The Labute approximate surface area is 125 Å². The summed E-state index contributed by atoms with van der Waals surface area (Å²) in [5.41, 5.74) is 2.08. The van der Waals surface area contributed by atoms with Crippen molar-refractivity contribution in [1.29, 1.82) is 0 Å². The normalized spacial score (nSPS) is 10.4. The van der Waals surface area contributed by atoms with Crippen LogP contribution in [-0.4, -0.2) is 12.5 Å². The quantitative estimate of drug-likeness (QED) is 0.875. The molecule has 1 heterocycles. The third-order valence-corrected chi connectivity index (χ3v) is 4.22. The number of benzene rings is 1. The van der Waals surface area contributed by atoms with Crippen molar-refractivity contribution in [2.75, 3.05) is 11.9 Å². The molecule has 0 bridgehead atoms. The third-order valence-electron chi connectivity index (χ3n) is 2.67. The molecule has 0 saturated carbocycles. The first kappa shape index (κ1) is 14.2. The topological polar surface area (TPSA) is 41.1 Å². The first-order valence-electron chi connectivity index (χ1n) is 5.94. The number of carbonyl (C=O) groups excluding carboxylic acids is 1. The third kappa shape index (κ3) is 4.45. The molecule has 3 nitrogen and oxygen atoms in total. The van der Waals surface area contributed by atoms with Crippen LogP contribution in [0.4, 0.5) is 5.69 Å². The highest BCUT2D eigenvalue weighted by Crippen LogP contribution is 2.15. The minimum absolute atomic E-state index is 0.0310. The fourth-order valence-corrected chi connectivity index (χ4v) is 2.75. The van der Waals surface area contributed by atoms with E-state index in [4.69, 9.17) is 0 Å². The lowest BCUT2D eigenvalue weighted by Crippen LogP contribution is -2.27. The van der Waals surface area contributed by atoms with Crippen LogP contribution in [0.5, 0.6) is 0 Å². The molecule has 0 saturated heterocycles. The van der Waals surface area contributed by atoms with Gasteiger partial charge in [-0.2, -0.15) is 0 Å². The monoisotopic (exact) mass is 338 g/mol. The SMILES string of the molecule is Cc1ccsc1CNCC(=O)Nc1ccc(Br)cc1. The summed E-state index contributed by atoms with van der Waals surface area (Å²) in [4.78, 5) is 13.0. The highest BCUT2D eigenvalue weighted by molar-refractivity contribution is 9.10. The number of halogens is 1. The number of rotatable bonds is 5. The Bertz CT molecular complexity index is 551. The second kappa shape index (κ2) is 6.84. The van der Waals surface area contributed by atoms with E-state index in [1.165, 1.54) is 10.4 Å². The molecule has 0 spiro atoms. The van der Waals surface area contributed by atoms with Crippen LogP contribution >= 0.6 is 27.3 Å². The van der Waals surface area contributed by atoms with Crippen LogP contribution in [0.1, 0.15) is 10.4 Å². The second-order valence-corrected chi connectivity index (χ2v) is 6.10. The van der Waals surface area contributed by atoms with Crippen molar-refractivity contribution in [2.45, 2.75) is 13.5 Å². The molecule has 0 aliphatic heterocycles. The van der Waals surface area contributed by atoms with Crippen LogP contribution in [0.3, 0.4) is 0 Å². The number of nitrogens with one attached hydrogen (secondary N) is 2. The smallest absolute Gasteiger partial charge is 0.238 e. The van der Waals surface area contributed by atoms with E-state index in [0.717, 1.165) is 16.7 Å². The van der Waals surface area contributed by atoms with E-state index in [9.17, 15) is 4.79 Å². The minimum Gasteiger partial charge on any atom is -0.325 e. The summed E-state index contributed by atoms with van der Waals surface area (Å²) in [6, 6.07) is 9.62. The highest BCUT2D eigenvalue weighted by Gasteiger charge is 2.03. The van der Waals surface area contributed by atoms with Gasteiger partial charge in [0, 0.05) is 21.6 Å². The minimum atomic E-state index is -0.0310. The number of hydrogen-bond acceptors (Lipinski definition) is 3. The van der Waals surface area contributed by atoms with Gasteiger partial charge in [0.1, 0.15) is 0 Å². The molecule has 0 unspecified atom stereocenters. The molecule has 1 aromatic heterocycles. The Hall–Kier alpha value is -1.17. The molecular weight excluding hydrogens is 324 g/mol. The van der Waals surface area contributed by atoms with E-state index in [1.807, 2.05) is 24.3 Å². The van der Waals surface area contributed by atoms with Gasteiger partial charge in [-0.05, 0) is 48.2 Å². The van der Waals surface area contributed by atoms with Gasteiger partial charge in [0.05, 0.1) is 6.54 Å². The molecule has 0 aliphatic carbocycles. The molecule has 100 valence electrons. The molecule has 0 fully saturated rings. The number of carbonyl (C=O) groups is 1. The predicted molar refractivity (Wildman–Crippen MR) is 83.5 cm³/mol. The number of thiophene rings is 1. The number of anilines is 1. The molecule has 1 amide bonds. The highest BCUT2D eigenvalue weighted by atomic mass is 79.9. The lowest BCUT2D eigenvalue weighted by Gasteiger charge is -2.06. The molecule has 0 atom stereocenters. The summed E-state index contributed by atoms with van der Waals surface area (Å²) >= 11 is 5.07. The van der Waals surface area contributed by atoms with Crippen molar-refractivity contribution in [2.24, 2.45) is 0 Å². The summed E-state index contributed by atoms with van der Waals surface area (Å²) in [7, 11) is 0. The Morgan fingerprint density at radius 2 is 2.00 bits per heavy atom. The lowest BCUT2D eigenvalue weighted by molar-refractivity contribution is -0.115. The van der Waals surface area contributed by atoms with Crippen LogP contribution in [0, 0.1) is 6.92 Å². The fourth-order valence-electron chi connectivity index (χ4n) is 1.61. The van der Waals surface area contributed by atoms with Crippen LogP contribution in [-0.2, 0) is 11.3 Å². The van der Waals surface area contributed by atoms with E-state index in [1.54, 1.807) is 11.3 Å². The van der Waals surface area contributed by atoms with Gasteiger partial charge in [0.2, 0.25) is 5.91 Å². The zero-order chi connectivity index (χ0) is 13.7. The molecule has 0 aliphatic rings. The molecule has 2 rings (SSSR count). The van der Waals surface area contributed by atoms with Crippen LogP contribution in [0.15, 0.2) is 40.2 Å². The average Bonchev–Trinajstić information content (AvgIpc) is 2.78. The molecule has 1 aromatic carbocycles. The average molecular weight is 339 g/mol. The molecule has 19 heavy (non-hydrogen) atoms. The van der Waals surface area contributed by atoms with E-state index in [2.05, 4.69) is 44.9 Å². The van der Waals surface area contributed by atoms with E-state index in [0.29, 0.717) is 6.54 Å². The molecule has 2 aromatic rings. The van der Waals surface area contributed by atoms with E-state index < -0.39 is 0 Å². The van der Waals surface area contributed by atoms with Crippen molar-refractivity contribution >= 4 is 38.9 Å². The van der Waals surface area contributed by atoms with Crippen molar-refractivity contribution in [3.63, 3.8) is 0 Å². The van der Waals surface area contributed by atoms with Gasteiger partial charge in [-0.15, -0.1) is 11.3 Å². The number of hydrogen-bond donors (Lipinski definition) is 2. The first-order chi connectivity index (χ1) is 9.15. The summed E-state index contributed by atoms with van der Waals surface area (Å²) in [5.74, 6) is -0.0310. The summed E-state index contributed by atoms with van der Waals surface area (Å²) in [6.45, 7) is 3.13. The zero-order valence-electron chi connectivity index (χ0n) is 10.6. The maximum Gasteiger partial charge on any atom is 0.238 e. The molecule has 2 N–H and O–H groups in total. The van der Waals surface area contributed by atoms with Gasteiger partial charge < -0.3 is 10.6 Å². The molecular formula is C14H15BrN2OS. The van der Waals surface area contributed by atoms with E-state index >= 15 is 0 Å². The lowest BCUT2D eigenvalue weighted by atomic mass is 10.3. The largest absolute Gasteiger partial charge is 0.325 e. The van der Waals surface area contributed by atoms with Crippen LogP contribution < -0.4 is 10.6 Å². The fraction of sp³-hybridized carbons (Fsp3) is 0.214. The number of aryl methyl sites for hydroxylation is 1. The predicted octanol–water partition coefficient (Wildman–Crippen LogP) is 3.55. The van der Waals surface area contributed by atoms with Gasteiger partial charge >= 0.3 is 0 Å². The van der Waals surface area contributed by atoms with Gasteiger partial charge in [-0.25, -0.2) is 0 Å². The second-order valence-electron chi connectivity index (χ2n) is 4.19. The summed E-state index contributed by atoms with van der Waals surface area (Å²) in [6.07, 6.45) is 0. The van der Waals surface area contributed by atoms with Crippen molar-refractivity contribution in [3.8, 4) is 0 Å². The summed E-state index contributed by atoms with van der Waals surface area (Å²) in [5, 5.41) is 8.06. The summed E-state index contributed by atoms with van der Waals surface area (Å²) < 4.78 is 0.997. The Kier molecular flexibility index (Phi) is 5.13. The van der Waals surface area contributed by atoms with Gasteiger partial charge in [-0.3, -0.25) is 4.79 Å². The van der Waals surface area contributed by atoms with Gasteiger partial charge in [0.25, 0.3) is 0 Å². The molecule has 5 heteroatoms. The van der Waals surface area contributed by atoms with Crippen LogP contribution in [0.25, 0.3) is 0 Å². The maximum atomic E-state index is 11.7. The molecule has 0 radical (unpaired) electrons. The standard InChI is InChI=1S/C14H15BrN2OS/c1-10-6-7-19-13(10)8-16-9-14(18)17-12-4-2-11(15)3-5-12/h2-7,16H,8-9H2,1H3,(H,17,18). The Morgan fingerprint density at radius 3 is 2.63 bits per heavy atom. The Balaban J connectivity index is 1.76. The van der Waals surface area contributed by atoms with Crippen molar-refractivity contribution < 1.29 is 4.79 Å². The van der Waals surface area contributed by atoms with E-state index in [-0.39, 0.29) is 5.91 Å². The van der Waals surface area contributed by atoms with Gasteiger partial charge in [0.15, 0.2) is 0 Å². The Morgan fingerprint density at radius 1 is 1.26 bits per heavy atom. The van der Waals surface area contributed by atoms with Crippen molar-refractivity contribution in [3.05, 3.63) is 50.6 Å². The number of amides is 1.